The maximum Gasteiger partial charge on any atom is 0.0794 e. The van der Waals surface area contributed by atoms with Crippen molar-refractivity contribution < 1.29 is 0 Å². The van der Waals surface area contributed by atoms with Crippen LogP contribution in [0.2, 0.25) is 0 Å². The first kappa shape index (κ1) is 11.9. The number of hydrogen-bond acceptors (Lipinski definition) is 3. The molecule has 0 atom stereocenters. The van der Waals surface area contributed by atoms with Crippen LogP contribution in [0.15, 0.2) is 23.7 Å². The monoisotopic (exact) mass is 261 g/mol. The van der Waals surface area contributed by atoms with Crippen LogP contribution in [-0.2, 0) is 6.54 Å². The van der Waals surface area contributed by atoms with Crippen molar-refractivity contribution in [2.24, 2.45) is 5.92 Å². The molecule has 0 spiro atoms. The summed E-state index contributed by atoms with van der Waals surface area (Å²) in [4.78, 5) is 1.27. The van der Waals surface area contributed by atoms with Gasteiger partial charge in [-0.05, 0) is 36.8 Å². The lowest BCUT2D eigenvalue weighted by molar-refractivity contribution is 0.594. The van der Waals surface area contributed by atoms with Crippen LogP contribution in [0, 0.1) is 5.92 Å². The van der Waals surface area contributed by atoms with Crippen LogP contribution in [-0.4, -0.2) is 16.7 Å². The minimum Gasteiger partial charge on any atom is -0.313 e. The average molecular weight is 261 g/mol. The molecule has 3 nitrogen and oxygen atoms in total. The molecular formula is C14H19N3S. The van der Waals surface area contributed by atoms with Crippen molar-refractivity contribution in [2.45, 2.75) is 32.2 Å². The van der Waals surface area contributed by atoms with E-state index in [9.17, 15) is 0 Å². The molecule has 0 saturated heterocycles. The lowest BCUT2D eigenvalue weighted by Crippen LogP contribution is -2.14. The molecule has 1 aliphatic rings. The minimum absolute atomic E-state index is 0.911. The summed E-state index contributed by atoms with van der Waals surface area (Å²) < 4.78 is 0. The normalized spacial score (nSPS) is 15.1. The summed E-state index contributed by atoms with van der Waals surface area (Å²) in [7, 11) is 0. The van der Waals surface area contributed by atoms with Crippen molar-refractivity contribution in [1.29, 1.82) is 0 Å². The lowest BCUT2D eigenvalue weighted by Gasteiger charge is -2.04. The van der Waals surface area contributed by atoms with Crippen molar-refractivity contribution in [2.75, 3.05) is 6.54 Å². The molecule has 2 aromatic rings. The number of hydrogen-bond donors (Lipinski definition) is 2. The van der Waals surface area contributed by atoms with Gasteiger partial charge in [-0.25, -0.2) is 0 Å². The summed E-state index contributed by atoms with van der Waals surface area (Å²) in [5.41, 5.74) is 2.43. The van der Waals surface area contributed by atoms with E-state index in [1.807, 2.05) is 6.20 Å². The van der Waals surface area contributed by atoms with Gasteiger partial charge in [0.1, 0.15) is 0 Å². The second kappa shape index (κ2) is 5.67. The minimum atomic E-state index is 0.911. The zero-order valence-electron chi connectivity index (χ0n) is 10.5. The molecule has 18 heavy (non-hydrogen) atoms. The molecule has 96 valence electrons. The van der Waals surface area contributed by atoms with Crippen LogP contribution in [0.5, 0.6) is 0 Å². The Morgan fingerprint density at radius 1 is 1.44 bits per heavy atom. The fourth-order valence-electron chi connectivity index (χ4n) is 2.22. The Balaban J connectivity index is 1.48. The first-order chi connectivity index (χ1) is 8.93. The van der Waals surface area contributed by atoms with Gasteiger partial charge in [0.25, 0.3) is 0 Å². The van der Waals surface area contributed by atoms with Crippen LogP contribution in [0.3, 0.4) is 0 Å². The number of aromatic amines is 1. The Bertz CT molecular complexity index is 471. The second-order valence-electron chi connectivity index (χ2n) is 5.01. The third kappa shape index (κ3) is 3.00. The molecule has 0 radical (unpaired) electrons. The molecule has 2 N–H and O–H groups in total. The van der Waals surface area contributed by atoms with Crippen molar-refractivity contribution >= 4 is 11.3 Å². The third-order valence-electron chi connectivity index (χ3n) is 3.46. The highest BCUT2D eigenvalue weighted by molar-refractivity contribution is 7.13. The summed E-state index contributed by atoms with van der Waals surface area (Å²) in [6, 6.07) is 4.21. The molecule has 2 heterocycles. The van der Waals surface area contributed by atoms with E-state index < -0.39 is 0 Å². The van der Waals surface area contributed by atoms with Crippen molar-refractivity contribution in [3.8, 4) is 10.6 Å². The Morgan fingerprint density at radius 3 is 3.17 bits per heavy atom. The topological polar surface area (TPSA) is 40.7 Å². The van der Waals surface area contributed by atoms with E-state index in [1.165, 1.54) is 41.8 Å². The standard InChI is InChI=1S/C14H19N3S/c1(3-11-5-6-11)7-15-9-12-10-16-17-14(12)13-4-2-8-18-13/h2,4,8,10-11,15H,1,3,5-7,9H2,(H,16,17). The van der Waals surface area contributed by atoms with Gasteiger partial charge in [-0.3, -0.25) is 5.10 Å². The molecule has 0 unspecified atom stereocenters. The van der Waals surface area contributed by atoms with Gasteiger partial charge in [-0.1, -0.05) is 18.9 Å². The van der Waals surface area contributed by atoms with E-state index >= 15 is 0 Å². The Kier molecular flexibility index (Phi) is 3.76. The quantitative estimate of drug-likeness (QED) is 0.750. The van der Waals surface area contributed by atoms with Crippen LogP contribution in [0.25, 0.3) is 10.6 Å². The summed E-state index contributed by atoms with van der Waals surface area (Å²) >= 11 is 1.75. The van der Waals surface area contributed by atoms with E-state index in [1.54, 1.807) is 11.3 Å². The van der Waals surface area contributed by atoms with Crippen LogP contribution < -0.4 is 5.32 Å². The summed E-state index contributed by atoms with van der Waals surface area (Å²) in [6.07, 6.45) is 7.56. The van der Waals surface area contributed by atoms with Gasteiger partial charge in [0.2, 0.25) is 0 Å². The van der Waals surface area contributed by atoms with Gasteiger partial charge in [0.05, 0.1) is 16.8 Å². The molecule has 1 fully saturated rings. The highest BCUT2D eigenvalue weighted by atomic mass is 32.1. The number of H-pyrrole nitrogens is 1. The Hall–Kier alpha value is -1.13. The smallest absolute Gasteiger partial charge is 0.0794 e. The molecule has 4 heteroatoms. The Labute approximate surface area is 112 Å². The number of aromatic nitrogens is 2. The van der Waals surface area contributed by atoms with Crippen LogP contribution in [0.4, 0.5) is 0 Å². The molecule has 0 bridgehead atoms. The highest BCUT2D eigenvalue weighted by Gasteiger charge is 2.19. The summed E-state index contributed by atoms with van der Waals surface area (Å²) in [5.74, 6) is 1.04. The van der Waals surface area contributed by atoms with Crippen LogP contribution in [0.1, 0.15) is 31.2 Å². The van der Waals surface area contributed by atoms with E-state index in [2.05, 4.69) is 33.0 Å². The number of thiophene rings is 1. The van der Waals surface area contributed by atoms with Gasteiger partial charge in [0, 0.05) is 12.1 Å². The van der Waals surface area contributed by atoms with E-state index in [0.29, 0.717) is 0 Å². The van der Waals surface area contributed by atoms with E-state index in [0.717, 1.165) is 19.0 Å². The highest BCUT2D eigenvalue weighted by Crippen LogP contribution is 2.33. The van der Waals surface area contributed by atoms with Crippen LogP contribution >= 0.6 is 11.3 Å². The van der Waals surface area contributed by atoms with Gasteiger partial charge in [0.15, 0.2) is 0 Å². The van der Waals surface area contributed by atoms with E-state index in [4.69, 9.17) is 0 Å². The molecule has 0 aliphatic heterocycles. The maximum absolute atomic E-state index is 4.16. The molecular weight excluding hydrogens is 242 g/mol. The third-order valence-corrected chi connectivity index (χ3v) is 4.35. The van der Waals surface area contributed by atoms with Gasteiger partial charge in [-0.15, -0.1) is 11.3 Å². The van der Waals surface area contributed by atoms with Crippen molar-refractivity contribution in [1.82, 2.24) is 15.5 Å². The number of nitrogens with zero attached hydrogens (tertiary/aromatic N) is 1. The van der Waals surface area contributed by atoms with Crippen molar-refractivity contribution in [3.05, 3.63) is 29.3 Å². The first-order valence-corrected chi connectivity index (χ1v) is 7.58. The molecule has 3 rings (SSSR count). The largest absolute Gasteiger partial charge is 0.313 e. The lowest BCUT2D eigenvalue weighted by atomic mass is 10.2. The zero-order valence-corrected chi connectivity index (χ0v) is 11.3. The number of nitrogens with one attached hydrogen (secondary N) is 2. The molecule has 0 amide bonds. The second-order valence-corrected chi connectivity index (χ2v) is 5.96. The van der Waals surface area contributed by atoms with E-state index in [-0.39, 0.29) is 0 Å². The molecule has 0 aromatic carbocycles. The van der Waals surface area contributed by atoms with Crippen molar-refractivity contribution in [3.63, 3.8) is 0 Å². The molecule has 2 aromatic heterocycles. The zero-order chi connectivity index (χ0) is 12.2. The Morgan fingerprint density at radius 2 is 2.39 bits per heavy atom. The predicted octanol–water partition coefficient (Wildman–Crippen LogP) is 3.42. The predicted molar refractivity (Wildman–Crippen MR) is 75.6 cm³/mol. The fraction of sp³-hybridized carbons (Fsp3) is 0.500. The molecule has 1 aliphatic carbocycles. The SMILES string of the molecule is c1csc(-c2[nH]ncc2CNCCCC2CC2)c1. The summed E-state index contributed by atoms with van der Waals surface area (Å²) in [5, 5.41) is 12.9. The van der Waals surface area contributed by atoms with Gasteiger partial charge in [-0.2, -0.15) is 5.10 Å². The average Bonchev–Trinajstić information content (AvgIpc) is 2.89. The summed E-state index contributed by atoms with van der Waals surface area (Å²) in [6.45, 7) is 2.03. The first-order valence-electron chi connectivity index (χ1n) is 6.70. The van der Waals surface area contributed by atoms with Gasteiger partial charge >= 0.3 is 0 Å². The molecule has 1 saturated carbocycles. The fourth-order valence-corrected chi connectivity index (χ4v) is 2.98. The van der Waals surface area contributed by atoms with Gasteiger partial charge < -0.3 is 5.32 Å². The maximum atomic E-state index is 4.16. The number of rotatable bonds is 7.